The van der Waals surface area contributed by atoms with Crippen LogP contribution in [0.25, 0.3) is 11.4 Å². The Hall–Kier alpha value is -2.44. The van der Waals surface area contributed by atoms with E-state index in [1.807, 2.05) is 19.2 Å². The lowest BCUT2D eigenvalue weighted by molar-refractivity contribution is -0.134. The second kappa shape index (κ2) is 6.65. The Morgan fingerprint density at radius 2 is 2.00 bits per heavy atom. The summed E-state index contributed by atoms with van der Waals surface area (Å²) in [5.74, 6) is 0.425. The first-order chi connectivity index (χ1) is 9.32. The lowest BCUT2D eigenvalue weighted by atomic mass is 10.3. The van der Waals surface area contributed by atoms with Gasteiger partial charge in [0.25, 0.3) is 5.97 Å². The molecule has 0 aliphatic heterocycles. The number of nitrogen functional groups attached to an aromatic ring is 1. The van der Waals surface area contributed by atoms with Crippen LogP contribution in [0.5, 0.6) is 0 Å². The predicted octanol–water partition coefficient (Wildman–Crippen LogP) is 1.90. The standard InChI is InChI=1S/C11H15N5.C2H4O2/c1-7(2)16-8(3)14-6-10(16)9-4-5-13-11(12)15-9;1-2(3)4/h4-7H,1-3H3,(H2,12,13,15);1H3,(H,3,4). The molecule has 7 nitrogen and oxygen atoms in total. The zero-order chi connectivity index (χ0) is 15.3. The summed E-state index contributed by atoms with van der Waals surface area (Å²) in [6, 6.07) is 2.18. The Bertz CT molecular complexity index is 588. The van der Waals surface area contributed by atoms with Crippen LogP contribution in [0.4, 0.5) is 5.95 Å². The molecule has 0 aromatic carbocycles. The largest absolute Gasteiger partial charge is 0.481 e. The highest BCUT2D eigenvalue weighted by Gasteiger charge is 2.12. The molecular formula is C13H19N5O2. The summed E-state index contributed by atoms with van der Waals surface area (Å²) in [6.07, 6.45) is 3.47. The van der Waals surface area contributed by atoms with Crippen LogP contribution >= 0.6 is 0 Å². The van der Waals surface area contributed by atoms with Crippen LogP contribution in [0.1, 0.15) is 32.6 Å². The molecule has 0 radical (unpaired) electrons. The van der Waals surface area contributed by atoms with Gasteiger partial charge < -0.3 is 15.4 Å². The van der Waals surface area contributed by atoms with Crippen molar-refractivity contribution in [3.05, 3.63) is 24.3 Å². The molecule has 20 heavy (non-hydrogen) atoms. The van der Waals surface area contributed by atoms with Crippen LogP contribution in [-0.2, 0) is 4.79 Å². The van der Waals surface area contributed by atoms with Crippen molar-refractivity contribution in [3.8, 4) is 11.4 Å². The van der Waals surface area contributed by atoms with Crippen LogP contribution in [0.15, 0.2) is 18.5 Å². The number of nitrogens with two attached hydrogens (primary N) is 1. The number of aliphatic carboxylic acids is 1. The molecule has 108 valence electrons. The van der Waals surface area contributed by atoms with Crippen LogP contribution in [0, 0.1) is 6.92 Å². The fourth-order valence-corrected chi connectivity index (χ4v) is 1.81. The average Bonchev–Trinajstić information content (AvgIpc) is 2.70. The zero-order valence-electron chi connectivity index (χ0n) is 12.0. The molecule has 7 heteroatoms. The number of hydrogen-bond donors (Lipinski definition) is 2. The predicted molar refractivity (Wildman–Crippen MR) is 76.1 cm³/mol. The van der Waals surface area contributed by atoms with Gasteiger partial charge in [0, 0.05) is 19.2 Å². The number of aryl methyl sites for hydroxylation is 1. The number of aromatic nitrogens is 4. The van der Waals surface area contributed by atoms with Gasteiger partial charge in [0.2, 0.25) is 5.95 Å². The van der Waals surface area contributed by atoms with Gasteiger partial charge in [0.15, 0.2) is 0 Å². The number of anilines is 1. The van der Waals surface area contributed by atoms with E-state index in [0.717, 1.165) is 24.1 Å². The van der Waals surface area contributed by atoms with Crippen molar-refractivity contribution < 1.29 is 9.90 Å². The molecule has 0 spiro atoms. The van der Waals surface area contributed by atoms with Crippen molar-refractivity contribution in [3.63, 3.8) is 0 Å². The van der Waals surface area contributed by atoms with Gasteiger partial charge in [-0.2, -0.15) is 0 Å². The van der Waals surface area contributed by atoms with Crippen LogP contribution in [0.2, 0.25) is 0 Å². The molecule has 2 aromatic heterocycles. The topological polar surface area (TPSA) is 107 Å². The van der Waals surface area contributed by atoms with Gasteiger partial charge in [-0.05, 0) is 26.8 Å². The Morgan fingerprint density at radius 1 is 1.40 bits per heavy atom. The Balaban J connectivity index is 0.000000444. The Kier molecular flexibility index (Phi) is 5.19. The van der Waals surface area contributed by atoms with Crippen molar-refractivity contribution in [1.29, 1.82) is 0 Å². The van der Waals surface area contributed by atoms with Gasteiger partial charge in [-0.15, -0.1) is 0 Å². The Labute approximate surface area is 117 Å². The first-order valence-electron chi connectivity index (χ1n) is 6.15. The summed E-state index contributed by atoms with van der Waals surface area (Å²) in [6.45, 7) is 7.29. The second-order valence-corrected chi connectivity index (χ2v) is 4.47. The minimum atomic E-state index is -0.833. The molecule has 0 fully saturated rings. The third kappa shape index (κ3) is 4.04. The fraction of sp³-hybridized carbons (Fsp3) is 0.385. The molecule has 0 amide bonds. The summed E-state index contributed by atoms with van der Waals surface area (Å²) in [5, 5.41) is 7.42. The van der Waals surface area contributed by atoms with Crippen LogP contribution in [-0.4, -0.2) is 30.6 Å². The lowest BCUT2D eigenvalue weighted by Crippen LogP contribution is -2.06. The van der Waals surface area contributed by atoms with Crippen LogP contribution in [0.3, 0.4) is 0 Å². The smallest absolute Gasteiger partial charge is 0.300 e. The number of hydrogen-bond acceptors (Lipinski definition) is 5. The number of carboxylic acids is 1. The highest BCUT2D eigenvalue weighted by Crippen LogP contribution is 2.22. The molecule has 0 bridgehead atoms. The molecule has 3 N–H and O–H groups in total. The monoisotopic (exact) mass is 277 g/mol. The van der Waals surface area contributed by atoms with Gasteiger partial charge in [-0.3, -0.25) is 4.79 Å². The van der Waals surface area contributed by atoms with Gasteiger partial charge in [0.1, 0.15) is 5.82 Å². The first kappa shape index (κ1) is 15.6. The molecule has 0 aliphatic carbocycles. The molecule has 0 saturated carbocycles. The molecule has 0 saturated heterocycles. The van der Waals surface area contributed by atoms with Gasteiger partial charge >= 0.3 is 0 Å². The minimum absolute atomic E-state index is 0.284. The normalized spacial score (nSPS) is 10.1. The zero-order valence-corrected chi connectivity index (χ0v) is 12.0. The molecule has 0 atom stereocenters. The van der Waals surface area contributed by atoms with E-state index in [2.05, 4.69) is 33.4 Å². The van der Waals surface area contributed by atoms with E-state index >= 15 is 0 Å². The molecule has 0 unspecified atom stereocenters. The second-order valence-electron chi connectivity index (χ2n) is 4.47. The maximum absolute atomic E-state index is 9.00. The SMILES string of the molecule is CC(=O)O.Cc1ncc(-c2ccnc(N)n2)n1C(C)C. The molecule has 2 aromatic rings. The highest BCUT2D eigenvalue weighted by molar-refractivity contribution is 5.63. The van der Waals surface area contributed by atoms with Gasteiger partial charge in [-0.25, -0.2) is 15.0 Å². The molecule has 0 aliphatic rings. The van der Waals surface area contributed by atoms with Crippen molar-refractivity contribution in [2.45, 2.75) is 33.7 Å². The molecule has 2 rings (SSSR count). The van der Waals surface area contributed by atoms with Crippen molar-refractivity contribution in [1.82, 2.24) is 19.5 Å². The molecular weight excluding hydrogens is 258 g/mol. The number of carboxylic acid groups (broad SMARTS) is 1. The first-order valence-corrected chi connectivity index (χ1v) is 6.15. The summed E-state index contributed by atoms with van der Waals surface area (Å²) in [7, 11) is 0. The van der Waals surface area contributed by atoms with E-state index in [1.54, 1.807) is 6.20 Å². The third-order valence-electron chi connectivity index (χ3n) is 2.43. The minimum Gasteiger partial charge on any atom is -0.481 e. The summed E-state index contributed by atoms with van der Waals surface area (Å²) in [5.41, 5.74) is 7.36. The summed E-state index contributed by atoms with van der Waals surface area (Å²) < 4.78 is 2.13. The Morgan fingerprint density at radius 3 is 2.50 bits per heavy atom. The van der Waals surface area contributed by atoms with Crippen molar-refractivity contribution >= 4 is 11.9 Å². The third-order valence-corrected chi connectivity index (χ3v) is 2.43. The number of nitrogens with zero attached hydrogens (tertiary/aromatic N) is 4. The van der Waals surface area contributed by atoms with E-state index in [9.17, 15) is 0 Å². The van der Waals surface area contributed by atoms with Crippen molar-refractivity contribution in [2.24, 2.45) is 0 Å². The molecule has 2 heterocycles. The van der Waals surface area contributed by atoms with E-state index < -0.39 is 5.97 Å². The van der Waals surface area contributed by atoms with E-state index in [4.69, 9.17) is 15.6 Å². The van der Waals surface area contributed by atoms with Gasteiger partial charge in [-0.1, -0.05) is 0 Å². The fourth-order valence-electron chi connectivity index (χ4n) is 1.81. The van der Waals surface area contributed by atoms with Gasteiger partial charge in [0.05, 0.1) is 17.6 Å². The van der Waals surface area contributed by atoms with Crippen LogP contribution < -0.4 is 5.73 Å². The maximum atomic E-state index is 9.00. The van der Waals surface area contributed by atoms with E-state index in [0.29, 0.717) is 6.04 Å². The summed E-state index contributed by atoms with van der Waals surface area (Å²) >= 11 is 0. The average molecular weight is 277 g/mol. The van der Waals surface area contributed by atoms with E-state index in [-0.39, 0.29) is 5.95 Å². The lowest BCUT2D eigenvalue weighted by Gasteiger charge is -2.13. The van der Waals surface area contributed by atoms with E-state index in [1.165, 1.54) is 0 Å². The summed E-state index contributed by atoms with van der Waals surface area (Å²) in [4.78, 5) is 21.4. The number of rotatable bonds is 2. The van der Waals surface area contributed by atoms with Crippen molar-refractivity contribution in [2.75, 3.05) is 5.73 Å². The number of imidazole rings is 1. The maximum Gasteiger partial charge on any atom is 0.300 e. The quantitative estimate of drug-likeness (QED) is 0.868. The number of carbonyl (C=O) groups is 1. The highest BCUT2D eigenvalue weighted by atomic mass is 16.4.